The van der Waals surface area contributed by atoms with Crippen molar-refractivity contribution in [3.63, 3.8) is 0 Å². The Labute approximate surface area is 135 Å². The number of nitrogens with zero attached hydrogens (tertiary/aromatic N) is 3. The molecule has 0 bridgehead atoms. The van der Waals surface area contributed by atoms with Crippen LogP contribution in [0.5, 0.6) is 11.5 Å². The van der Waals surface area contributed by atoms with Gasteiger partial charge >= 0.3 is 0 Å². The lowest BCUT2D eigenvalue weighted by Crippen LogP contribution is -2.17. The average Bonchev–Trinajstić information content (AvgIpc) is 3.06. The first kappa shape index (κ1) is 15.3. The van der Waals surface area contributed by atoms with Gasteiger partial charge in [-0.3, -0.25) is 0 Å². The maximum Gasteiger partial charge on any atom is 0.160 e. The van der Waals surface area contributed by atoms with Crippen LogP contribution in [-0.4, -0.2) is 35.4 Å². The highest BCUT2D eigenvalue weighted by Crippen LogP contribution is 2.27. The quantitative estimate of drug-likeness (QED) is 0.677. The smallest absolute Gasteiger partial charge is 0.160 e. The molecule has 3 rings (SSSR count). The third-order valence-corrected chi connectivity index (χ3v) is 3.67. The van der Waals surface area contributed by atoms with Crippen molar-refractivity contribution in [3.05, 3.63) is 54.0 Å². The van der Waals surface area contributed by atoms with Gasteiger partial charge in [0.2, 0.25) is 0 Å². The molecule has 0 aliphatic rings. The molecule has 0 radical (unpaired) electrons. The lowest BCUT2D eigenvalue weighted by atomic mass is 10.1. The molecule has 0 aliphatic heterocycles. The Hall–Kier alpha value is -2.60. The molecule has 0 atom stereocenters. The van der Waals surface area contributed by atoms with Crippen LogP contribution in [0.1, 0.15) is 11.1 Å². The Balaban J connectivity index is 1.53. The van der Waals surface area contributed by atoms with Crippen molar-refractivity contribution in [2.24, 2.45) is 0 Å². The predicted molar refractivity (Wildman–Crippen MR) is 87.9 cm³/mol. The Kier molecular flexibility index (Phi) is 4.73. The number of methoxy groups -OCH3 is 2. The van der Waals surface area contributed by atoms with Crippen LogP contribution in [0, 0.1) is 0 Å². The SMILES string of the molecule is COc1ccc(CCNCc2cnc3ccnn3c2)cc1OC. The lowest BCUT2D eigenvalue weighted by Gasteiger charge is -2.10. The fraction of sp³-hybridized carbons (Fsp3) is 0.294. The van der Waals surface area contributed by atoms with E-state index in [1.54, 1.807) is 24.9 Å². The summed E-state index contributed by atoms with van der Waals surface area (Å²) in [6.45, 7) is 1.63. The van der Waals surface area contributed by atoms with E-state index in [4.69, 9.17) is 9.47 Å². The summed E-state index contributed by atoms with van der Waals surface area (Å²) in [5.74, 6) is 1.51. The summed E-state index contributed by atoms with van der Waals surface area (Å²) in [4.78, 5) is 4.35. The Morgan fingerprint density at radius 3 is 2.78 bits per heavy atom. The average molecular weight is 312 g/mol. The Bertz CT molecular complexity index is 785. The highest BCUT2D eigenvalue weighted by atomic mass is 16.5. The molecule has 2 heterocycles. The van der Waals surface area contributed by atoms with E-state index in [-0.39, 0.29) is 0 Å². The third-order valence-electron chi connectivity index (χ3n) is 3.67. The van der Waals surface area contributed by atoms with Crippen LogP contribution >= 0.6 is 0 Å². The minimum Gasteiger partial charge on any atom is -0.493 e. The molecular weight excluding hydrogens is 292 g/mol. The van der Waals surface area contributed by atoms with Gasteiger partial charge in [-0.05, 0) is 30.7 Å². The summed E-state index contributed by atoms with van der Waals surface area (Å²) in [5.41, 5.74) is 3.17. The molecule has 3 aromatic rings. The van der Waals surface area contributed by atoms with Crippen LogP contribution in [0.4, 0.5) is 0 Å². The molecule has 6 heteroatoms. The van der Waals surface area contributed by atoms with Crippen molar-refractivity contribution in [1.29, 1.82) is 0 Å². The van der Waals surface area contributed by atoms with Gasteiger partial charge in [0.1, 0.15) is 0 Å². The Morgan fingerprint density at radius 1 is 1.09 bits per heavy atom. The third kappa shape index (κ3) is 3.60. The van der Waals surface area contributed by atoms with Crippen LogP contribution in [-0.2, 0) is 13.0 Å². The summed E-state index contributed by atoms with van der Waals surface area (Å²) >= 11 is 0. The fourth-order valence-corrected chi connectivity index (χ4v) is 2.44. The van der Waals surface area contributed by atoms with Gasteiger partial charge in [0, 0.05) is 30.6 Å². The van der Waals surface area contributed by atoms with E-state index in [1.807, 2.05) is 30.6 Å². The van der Waals surface area contributed by atoms with Gasteiger partial charge in [0.15, 0.2) is 17.1 Å². The first-order valence-electron chi connectivity index (χ1n) is 7.50. The molecule has 0 saturated carbocycles. The van der Waals surface area contributed by atoms with Crippen molar-refractivity contribution in [3.8, 4) is 11.5 Å². The van der Waals surface area contributed by atoms with Crippen molar-refractivity contribution in [1.82, 2.24) is 19.9 Å². The minimum atomic E-state index is 0.753. The van der Waals surface area contributed by atoms with Gasteiger partial charge in [0.25, 0.3) is 0 Å². The number of fused-ring (bicyclic) bond motifs is 1. The second kappa shape index (κ2) is 7.11. The zero-order valence-corrected chi connectivity index (χ0v) is 13.3. The van der Waals surface area contributed by atoms with Crippen LogP contribution in [0.15, 0.2) is 42.9 Å². The maximum absolute atomic E-state index is 5.32. The number of hydrogen-bond acceptors (Lipinski definition) is 5. The normalized spacial score (nSPS) is 10.9. The summed E-state index contributed by atoms with van der Waals surface area (Å²) in [6, 6.07) is 7.89. The van der Waals surface area contributed by atoms with Gasteiger partial charge in [-0.25, -0.2) is 9.50 Å². The summed E-state index contributed by atoms with van der Waals surface area (Å²) in [6.07, 6.45) is 6.53. The molecule has 0 fully saturated rings. The fourth-order valence-electron chi connectivity index (χ4n) is 2.44. The van der Waals surface area contributed by atoms with Crippen molar-refractivity contribution >= 4 is 5.65 Å². The second-order valence-electron chi connectivity index (χ2n) is 5.21. The number of rotatable bonds is 7. The van der Waals surface area contributed by atoms with E-state index in [0.29, 0.717) is 0 Å². The largest absolute Gasteiger partial charge is 0.493 e. The minimum absolute atomic E-state index is 0.753. The first-order chi connectivity index (χ1) is 11.3. The van der Waals surface area contributed by atoms with Crippen molar-refractivity contribution < 1.29 is 9.47 Å². The molecule has 0 amide bonds. The molecule has 2 aromatic heterocycles. The molecular formula is C17H20N4O2. The van der Waals surface area contributed by atoms with Gasteiger partial charge in [0.05, 0.1) is 20.4 Å². The number of hydrogen-bond donors (Lipinski definition) is 1. The number of ether oxygens (including phenoxy) is 2. The number of aromatic nitrogens is 3. The zero-order chi connectivity index (χ0) is 16.1. The molecule has 120 valence electrons. The van der Waals surface area contributed by atoms with Gasteiger partial charge < -0.3 is 14.8 Å². The zero-order valence-electron chi connectivity index (χ0n) is 13.3. The molecule has 1 N–H and O–H groups in total. The number of nitrogens with one attached hydrogen (secondary N) is 1. The molecule has 23 heavy (non-hydrogen) atoms. The molecule has 0 saturated heterocycles. The van der Waals surface area contributed by atoms with E-state index in [0.717, 1.165) is 42.2 Å². The molecule has 1 aromatic carbocycles. The monoisotopic (exact) mass is 312 g/mol. The highest BCUT2D eigenvalue weighted by Gasteiger charge is 2.04. The van der Waals surface area contributed by atoms with E-state index >= 15 is 0 Å². The highest BCUT2D eigenvalue weighted by molar-refractivity contribution is 5.43. The van der Waals surface area contributed by atoms with Crippen LogP contribution in [0.2, 0.25) is 0 Å². The molecule has 0 unspecified atom stereocenters. The molecule has 0 aliphatic carbocycles. The summed E-state index contributed by atoms with van der Waals surface area (Å²) in [7, 11) is 3.29. The predicted octanol–water partition coefficient (Wildman–Crippen LogP) is 2.08. The second-order valence-corrected chi connectivity index (χ2v) is 5.21. The van der Waals surface area contributed by atoms with Crippen molar-refractivity contribution in [2.75, 3.05) is 20.8 Å². The van der Waals surface area contributed by atoms with Crippen LogP contribution in [0.25, 0.3) is 5.65 Å². The standard InChI is InChI=1S/C17H20N4O2/c1-22-15-4-3-13(9-16(15)23-2)5-7-18-10-14-11-19-17-6-8-20-21(17)12-14/h3-4,6,8-9,11-12,18H,5,7,10H2,1-2H3. The van der Waals surface area contributed by atoms with Gasteiger partial charge in [-0.15, -0.1) is 0 Å². The summed E-state index contributed by atoms with van der Waals surface area (Å²) < 4.78 is 12.4. The first-order valence-corrected chi connectivity index (χ1v) is 7.50. The van der Waals surface area contributed by atoms with Crippen LogP contribution < -0.4 is 14.8 Å². The van der Waals surface area contributed by atoms with E-state index in [2.05, 4.69) is 21.5 Å². The van der Waals surface area contributed by atoms with Gasteiger partial charge in [-0.1, -0.05) is 6.07 Å². The van der Waals surface area contributed by atoms with Crippen molar-refractivity contribution in [2.45, 2.75) is 13.0 Å². The summed E-state index contributed by atoms with van der Waals surface area (Å²) in [5, 5.41) is 7.61. The van der Waals surface area contributed by atoms with Crippen LogP contribution in [0.3, 0.4) is 0 Å². The maximum atomic E-state index is 5.32. The lowest BCUT2D eigenvalue weighted by molar-refractivity contribution is 0.354. The number of benzene rings is 1. The van der Waals surface area contributed by atoms with E-state index < -0.39 is 0 Å². The van der Waals surface area contributed by atoms with Gasteiger partial charge in [-0.2, -0.15) is 5.10 Å². The van der Waals surface area contributed by atoms with E-state index in [1.165, 1.54) is 5.56 Å². The topological polar surface area (TPSA) is 60.7 Å². The van der Waals surface area contributed by atoms with E-state index in [9.17, 15) is 0 Å². The Morgan fingerprint density at radius 2 is 1.96 bits per heavy atom. The molecule has 0 spiro atoms. The molecule has 6 nitrogen and oxygen atoms in total.